The molecule has 4 rings (SSSR count). The minimum Gasteiger partial charge on any atom is -0.368 e. The number of nitrogens with two attached hydrogens (primary N) is 1. The smallest absolute Gasteiger partial charge is 0.240 e. The summed E-state index contributed by atoms with van der Waals surface area (Å²) in [6.07, 6.45) is 3.94. The third-order valence-electron chi connectivity index (χ3n) is 5.00. The Hall–Kier alpha value is -2.75. The molecular weight excluding hydrogens is 298 g/mol. The molecule has 4 nitrogen and oxygen atoms in total. The number of fused-ring (bicyclic) bond motifs is 1. The molecule has 1 aliphatic rings. The zero-order valence-corrected chi connectivity index (χ0v) is 13.8. The van der Waals surface area contributed by atoms with E-state index in [1.54, 1.807) is 0 Å². The first-order valence-electron chi connectivity index (χ1n) is 8.35. The molecule has 0 radical (unpaired) electrons. The fraction of sp³-hybridized carbons (Fsp3) is 0.250. The van der Waals surface area contributed by atoms with E-state index >= 15 is 0 Å². The molecule has 122 valence electrons. The molecule has 0 bridgehead atoms. The Morgan fingerprint density at radius 3 is 2.58 bits per heavy atom. The lowest BCUT2D eigenvalue weighted by atomic mass is 10.0. The Balaban J connectivity index is 1.64. The zero-order valence-electron chi connectivity index (χ0n) is 13.8. The van der Waals surface area contributed by atoms with Gasteiger partial charge in [0.15, 0.2) is 0 Å². The van der Waals surface area contributed by atoms with Gasteiger partial charge in [-0.3, -0.25) is 4.79 Å². The minimum atomic E-state index is -0.230. The molecule has 0 aliphatic carbocycles. The van der Waals surface area contributed by atoms with E-state index in [1.165, 1.54) is 22.0 Å². The van der Waals surface area contributed by atoms with Gasteiger partial charge in [-0.15, -0.1) is 0 Å². The molecule has 1 saturated heterocycles. The predicted molar refractivity (Wildman–Crippen MR) is 97.9 cm³/mol. The molecule has 2 aromatic carbocycles. The van der Waals surface area contributed by atoms with Crippen LogP contribution in [0.25, 0.3) is 22.0 Å². The first kappa shape index (κ1) is 14.8. The molecule has 1 amide bonds. The Morgan fingerprint density at radius 2 is 1.83 bits per heavy atom. The van der Waals surface area contributed by atoms with Crippen molar-refractivity contribution in [2.75, 3.05) is 11.4 Å². The Kier molecular flexibility index (Phi) is 3.53. The lowest BCUT2D eigenvalue weighted by Gasteiger charge is -2.24. The molecule has 2 N–H and O–H groups in total. The van der Waals surface area contributed by atoms with Crippen LogP contribution in [0.4, 0.5) is 5.69 Å². The molecule has 1 aliphatic heterocycles. The highest BCUT2D eigenvalue weighted by atomic mass is 16.1. The summed E-state index contributed by atoms with van der Waals surface area (Å²) in [6, 6.07) is 16.9. The molecule has 0 spiro atoms. The Bertz CT molecular complexity index is 895. The summed E-state index contributed by atoms with van der Waals surface area (Å²) in [4.78, 5) is 13.7. The van der Waals surface area contributed by atoms with Crippen molar-refractivity contribution in [1.29, 1.82) is 0 Å². The summed E-state index contributed by atoms with van der Waals surface area (Å²) in [7, 11) is 2.06. The van der Waals surface area contributed by atoms with E-state index in [0.29, 0.717) is 0 Å². The number of aryl methyl sites for hydroxylation is 1. The molecule has 4 heteroatoms. The molecule has 2 heterocycles. The number of hydrogen-bond donors (Lipinski definition) is 1. The van der Waals surface area contributed by atoms with Crippen molar-refractivity contribution in [3.05, 3.63) is 54.7 Å². The van der Waals surface area contributed by atoms with E-state index in [4.69, 9.17) is 5.73 Å². The number of carbonyl (C=O) groups is 1. The van der Waals surface area contributed by atoms with Crippen LogP contribution in [-0.4, -0.2) is 23.1 Å². The molecule has 24 heavy (non-hydrogen) atoms. The maximum absolute atomic E-state index is 11.6. The van der Waals surface area contributed by atoms with Gasteiger partial charge in [-0.25, -0.2) is 0 Å². The van der Waals surface area contributed by atoms with Gasteiger partial charge in [-0.2, -0.15) is 0 Å². The largest absolute Gasteiger partial charge is 0.368 e. The Morgan fingerprint density at radius 1 is 1.08 bits per heavy atom. The van der Waals surface area contributed by atoms with Gasteiger partial charge in [0, 0.05) is 36.4 Å². The number of hydrogen-bond acceptors (Lipinski definition) is 2. The summed E-state index contributed by atoms with van der Waals surface area (Å²) in [5.41, 5.74) is 10.2. The number of carbonyl (C=O) groups excluding carboxylic acids is 1. The van der Waals surface area contributed by atoms with E-state index in [-0.39, 0.29) is 11.9 Å². The maximum Gasteiger partial charge on any atom is 0.240 e. The highest BCUT2D eigenvalue weighted by Crippen LogP contribution is 2.29. The van der Waals surface area contributed by atoms with Crippen LogP contribution in [0.1, 0.15) is 12.8 Å². The molecule has 0 saturated carbocycles. The van der Waals surface area contributed by atoms with Gasteiger partial charge < -0.3 is 15.2 Å². The molecule has 1 aromatic heterocycles. The summed E-state index contributed by atoms with van der Waals surface area (Å²) in [5.74, 6) is -0.230. The van der Waals surface area contributed by atoms with Crippen molar-refractivity contribution in [2.24, 2.45) is 12.8 Å². The van der Waals surface area contributed by atoms with Crippen molar-refractivity contribution in [3.8, 4) is 11.1 Å². The highest BCUT2D eigenvalue weighted by Gasteiger charge is 2.28. The normalized spacial score (nSPS) is 17.5. The van der Waals surface area contributed by atoms with Gasteiger partial charge >= 0.3 is 0 Å². The lowest BCUT2D eigenvalue weighted by molar-refractivity contribution is -0.119. The van der Waals surface area contributed by atoms with Crippen molar-refractivity contribution in [1.82, 2.24) is 4.57 Å². The molecule has 3 aromatic rings. The predicted octanol–water partition coefficient (Wildman–Crippen LogP) is 3.30. The van der Waals surface area contributed by atoms with E-state index in [9.17, 15) is 4.79 Å². The van der Waals surface area contributed by atoms with Crippen LogP contribution in [-0.2, 0) is 11.8 Å². The van der Waals surface area contributed by atoms with Crippen LogP contribution < -0.4 is 10.6 Å². The topological polar surface area (TPSA) is 51.3 Å². The third-order valence-corrected chi connectivity index (χ3v) is 5.00. The van der Waals surface area contributed by atoms with Gasteiger partial charge in [0.2, 0.25) is 5.91 Å². The van der Waals surface area contributed by atoms with Crippen LogP contribution in [0, 0.1) is 0 Å². The quantitative estimate of drug-likeness (QED) is 0.805. The standard InChI is InChI=1S/C20H21N3O/c1-22-12-10-16-13-15(6-9-18(16)22)14-4-7-17(8-5-14)23-11-2-3-19(23)20(21)24/h4-10,12-13,19H,2-3,11H2,1H3,(H2,21,24)/t19-/m1/s1. The second kappa shape index (κ2) is 5.71. The van der Waals surface area contributed by atoms with Gasteiger partial charge in [0.05, 0.1) is 0 Å². The fourth-order valence-corrected chi connectivity index (χ4v) is 3.68. The average Bonchev–Trinajstić information content (AvgIpc) is 3.22. The minimum absolute atomic E-state index is 0.170. The van der Waals surface area contributed by atoms with E-state index in [2.05, 4.69) is 71.2 Å². The van der Waals surface area contributed by atoms with Gasteiger partial charge in [0.1, 0.15) is 6.04 Å². The summed E-state index contributed by atoms with van der Waals surface area (Å²) in [6.45, 7) is 0.892. The van der Waals surface area contributed by atoms with Crippen LogP contribution in [0.5, 0.6) is 0 Å². The SMILES string of the molecule is Cn1ccc2cc(-c3ccc(N4CCC[C@@H]4C(N)=O)cc3)ccc21. The second-order valence-electron chi connectivity index (χ2n) is 6.50. The number of anilines is 1. The van der Waals surface area contributed by atoms with Crippen molar-refractivity contribution < 1.29 is 4.79 Å². The van der Waals surface area contributed by atoms with E-state index in [0.717, 1.165) is 25.1 Å². The molecule has 1 fully saturated rings. The summed E-state index contributed by atoms with van der Waals surface area (Å²) >= 11 is 0. The van der Waals surface area contributed by atoms with Crippen molar-refractivity contribution >= 4 is 22.5 Å². The number of amides is 1. The van der Waals surface area contributed by atoms with Crippen LogP contribution in [0.2, 0.25) is 0 Å². The Labute approximate surface area is 141 Å². The fourth-order valence-electron chi connectivity index (χ4n) is 3.68. The summed E-state index contributed by atoms with van der Waals surface area (Å²) < 4.78 is 2.12. The third kappa shape index (κ3) is 2.44. The van der Waals surface area contributed by atoms with Gasteiger partial charge in [0.25, 0.3) is 0 Å². The highest BCUT2D eigenvalue weighted by molar-refractivity contribution is 5.86. The summed E-state index contributed by atoms with van der Waals surface area (Å²) in [5, 5.41) is 1.24. The molecular formula is C20H21N3O. The first-order chi connectivity index (χ1) is 11.6. The number of aromatic nitrogens is 1. The van der Waals surface area contributed by atoms with Crippen molar-refractivity contribution in [3.63, 3.8) is 0 Å². The average molecular weight is 319 g/mol. The number of rotatable bonds is 3. The van der Waals surface area contributed by atoms with E-state index < -0.39 is 0 Å². The van der Waals surface area contributed by atoms with E-state index in [1.807, 2.05) is 0 Å². The monoisotopic (exact) mass is 319 g/mol. The number of benzene rings is 2. The van der Waals surface area contributed by atoms with Gasteiger partial charge in [-0.05, 0) is 54.3 Å². The number of nitrogens with zero attached hydrogens (tertiary/aromatic N) is 2. The van der Waals surface area contributed by atoms with Crippen molar-refractivity contribution in [2.45, 2.75) is 18.9 Å². The molecule has 0 unspecified atom stereocenters. The first-order valence-corrected chi connectivity index (χ1v) is 8.35. The van der Waals surface area contributed by atoms with Crippen LogP contribution >= 0.6 is 0 Å². The van der Waals surface area contributed by atoms with Gasteiger partial charge in [-0.1, -0.05) is 18.2 Å². The van der Waals surface area contributed by atoms with Crippen LogP contribution in [0.15, 0.2) is 54.7 Å². The van der Waals surface area contributed by atoms with Crippen LogP contribution in [0.3, 0.4) is 0 Å². The lowest BCUT2D eigenvalue weighted by Crippen LogP contribution is -2.40. The number of primary amides is 1. The zero-order chi connectivity index (χ0) is 16.7. The maximum atomic E-state index is 11.6. The molecule has 1 atom stereocenters. The second-order valence-corrected chi connectivity index (χ2v) is 6.50.